The van der Waals surface area contributed by atoms with Gasteiger partial charge in [0.05, 0.1) is 21.5 Å². The van der Waals surface area contributed by atoms with E-state index in [1.54, 1.807) is 37.3 Å². The second-order valence-electron chi connectivity index (χ2n) is 6.59. The monoisotopic (exact) mass is 422 g/mol. The van der Waals surface area contributed by atoms with E-state index in [1.165, 1.54) is 12.1 Å². The smallest absolute Gasteiger partial charge is 0.397 e. The fourth-order valence-electron chi connectivity index (χ4n) is 2.99. The van der Waals surface area contributed by atoms with Crippen molar-refractivity contribution in [2.75, 3.05) is 4.72 Å². The summed E-state index contributed by atoms with van der Waals surface area (Å²) in [6.07, 6.45) is -0.145. The van der Waals surface area contributed by atoms with Crippen LogP contribution in [0.25, 0.3) is 10.9 Å². The van der Waals surface area contributed by atoms with Crippen molar-refractivity contribution >= 4 is 26.6 Å². The quantitative estimate of drug-likeness (QED) is 0.506. The van der Waals surface area contributed by atoms with E-state index >= 15 is 0 Å². The molecule has 0 amide bonds. The van der Waals surface area contributed by atoms with Crippen LogP contribution in [0.2, 0.25) is 0 Å². The van der Waals surface area contributed by atoms with Crippen LogP contribution in [0.4, 0.5) is 5.69 Å². The summed E-state index contributed by atoms with van der Waals surface area (Å²) < 4.78 is 38.4. The van der Waals surface area contributed by atoms with Crippen molar-refractivity contribution in [2.24, 2.45) is 0 Å². The Kier molecular flexibility index (Phi) is 5.24. The first-order valence-electron chi connectivity index (χ1n) is 9.13. The number of aryl methyl sites for hydroxylation is 1. The Labute approximate surface area is 173 Å². The molecule has 4 rings (SSSR count). The Morgan fingerprint density at radius 2 is 1.63 bits per heavy atom. The lowest BCUT2D eigenvalue weighted by Crippen LogP contribution is -2.15. The first-order chi connectivity index (χ1) is 14.4. The zero-order valence-electron chi connectivity index (χ0n) is 16.0. The van der Waals surface area contributed by atoms with Gasteiger partial charge in [-0.15, -0.1) is 0 Å². The molecule has 4 aromatic rings. The highest BCUT2D eigenvalue weighted by Gasteiger charge is 2.18. The molecule has 0 bridgehead atoms. The molecule has 0 aliphatic carbocycles. The predicted molar refractivity (Wildman–Crippen MR) is 113 cm³/mol. The molecule has 3 aromatic carbocycles. The summed E-state index contributed by atoms with van der Waals surface area (Å²) in [6, 6.07) is 20.5. The Hall–Kier alpha value is -3.65. The van der Waals surface area contributed by atoms with E-state index in [-0.39, 0.29) is 28.7 Å². The van der Waals surface area contributed by atoms with Gasteiger partial charge in [0.1, 0.15) is 6.61 Å². The number of fused-ring (bicyclic) bond motifs is 1. The third kappa shape index (κ3) is 4.04. The van der Waals surface area contributed by atoms with E-state index in [0.717, 1.165) is 5.56 Å². The minimum Gasteiger partial charge on any atom is -0.445 e. The normalized spacial score (nSPS) is 11.4. The molecule has 0 fully saturated rings. The highest BCUT2D eigenvalue weighted by atomic mass is 32.2. The second-order valence-corrected chi connectivity index (χ2v) is 8.27. The average Bonchev–Trinajstić information content (AvgIpc) is 2.75. The second kappa shape index (κ2) is 8.00. The molecule has 30 heavy (non-hydrogen) atoms. The van der Waals surface area contributed by atoms with Crippen LogP contribution in [-0.4, -0.2) is 13.4 Å². The lowest BCUT2D eigenvalue weighted by Gasteiger charge is -2.12. The molecular weight excluding hydrogens is 404 g/mol. The van der Waals surface area contributed by atoms with Crippen molar-refractivity contribution in [1.29, 1.82) is 0 Å². The SMILES string of the molecule is Cc1c(NS(=O)(=O)c2ccccc2)ccc2nc(OCc3ccccc3)oc(=O)c12. The number of nitrogens with zero attached hydrogens (tertiary/aromatic N) is 1. The highest BCUT2D eigenvalue weighted by molar-refractivity contribution is 7.92. The van der Waals surface area contributed by atoms with E-state index in [0.29, 0.717) is 11.1 Å². The molecule has 0 saturated carbocycles. The Bertz CT molecular complexity index is 1350. The third-order valence-corrected chi connectivity index (χ3v) is 5.92. The Morgan fingerprint density at radius 3 is 2.33 bits per heavy atom. The molecule has 0 aliphatic rings. The van der Waals surface area contributed by atoms with Gasteiger partial charge in [-0.25, -0.2) is 13.2 Å². The van der Waals surface area contributed by atoms with E-state index < -0.39 is 15.6 Å². The number of benzene rings is 3. The number of anilines is 1. The van der Waals surface area contributed by atoms with Crippen molar-refractivity contribution in [3.8, 4) is 6.08 Å². The molecule has 0 aliphatic heterocycles. The first-order valence-corrected chi connectivity index (χ1v) is 10.6. The maximum Gasteiger partial charge on any atom is 0.397 e. The number of rotatable bonds is 6. The van der Waals surface area contributed by atoms with Crippen LogP contribution < -0.4 is 15.1 Å². The zero-order chi connectivity index (χ0) is 21.1. The molecule has 0 saturated heterocycles. The third-order valence-electron chi connectivity index (χ3n) is 4.54. The minimum absolute atomic E-state index is 0.124. The summed E-state index contributed by atoms with van der Waals surface area (Å²) in [7, 11) is -3.79. The lowest BCUT2D eigenvalue weighted by molar-refractivity contribution is 0.207. The molecule has 0 atom stereocenters. The van der Waals surface area contributed by atoms with Gasteiger partial charge in [0, 0.05) is 0 Å². The van der Waals surface area contributed by atoms with Gasteiger partial charge < -0.3 is 9.15 Å². The van der Waals surface area contributed by atoms with Gasteiger partial charge in [0.15, 0.2) is 0 Å². The topological polar surface area (TPSA) is 98.5 Å². The van der Waals surface area contributed by atoms with E-state index in [9.17, 15) is 13.2 Å². The number of hydrogen-bond donors (Lipinski definition) is 1. The van der Waals surface area contributed by atoms with Crippen LogP contribution in [0.3, 0.4) is 0 Å². The fourth-order valence-corrected chi connectivity index (χ4v) is 4.14. The number of hydrogen-bond acceptors (Lipinski definition) is 6. The van der Waals surface area contributed by atoms with Crippen molar-refractivity contribution in [1.82, 2.24) is 4.98 Å². The molecule has 7 nitrogen and oxygen atoms in total. The molecule has 1 N–H and O–H groups in total. The Morgan fingerprint density at radius 1 is 0.967 bits per heavy atom. The average molecular weight is 422 g/mol. The number of aromatic nitrogens is 1. The summed E-state index contributed by atoms with van der Waals surface area (Å²) in [4.78, 5) is 16.9. The van der Waals surface area contributed by atoms with Crippen LogP contribution in [0.1, 0.15) is 11.1 Å². The summed E-state index contributed by atoms with van der Waals surface area (Å²) in [5.74, 6) is 0. The minimum atomic E-state index is -3.79. The van der Waals surface area contributed by atoms with Gasteiger partial charge in [0.25, 0.3) is 10.0 Å². The Balaban J connectivity index is 1.64. The van der Waals surface area contributed by atoms with Gasteiger partial charge in [-0.05, 0) is 42.3 Å². The first kappa shape index (κ1) is 19.7. The molecular formula is C22H18N2O5S. The molecule has 0 spiro atoms. The maximum absolute atomic E-state index is 12.6. The standard InChI is InChI=1S/C22H18N2O5S/c1-15-18(24-30(26,27)17-10-6-3-7-11-17)12-13-19-20(15)21(25)29-22(23-19)28-14-16-8-4-2-5-9-16/h2-13,24H,14H2,1H3. The molecule has 1 heterocycles. The van der Waals surface area contributed by atoms with Crippen LogP contribution in [0.5, 0.6) is 6.08 Å². The number of sulfonamides is 1. The van der Waals surface area contributed by atoms with Crippen molar-refractivity contribution < 1.29 is 17.6 Å². The van der Waals surface area contributed by atoms with Gasteiger partial charge in [-0.1, -0.05) is 48.5 Å². The van der Waals surface area contributed by atoms with Crippen LogP contribution in [0.15, 0.2) is 86.9 Å². The van der Waals surface area contributed by atoms with Crippen molar-refractivity contribution in [2.45, 2.75) is 18.4 Å². The zero-order valence-corrected chi connectivity index (χ0v) is 16.8. The molecule has 0 radical (unpaired) electrons. The molecule has 0 unspecified atom stereocenters. The van der Waals surface area contributed by atoms with Crippen LogP contribution in [-0.2, 0) is 16.6 Å². The van der Waals surface area contributed by atoms with Crippen LogP contribution >= 0.6 is 0 Å². The van der Waals surface area contributed by atoms with E-state index in [1.807, 2.05) is 30.3 Å². The largest absolute Gasteiger partial charge is 0.445 e. The predicted octanol–water partition coefficient (Wildman–Crippen LogP) is 3.88. The summed E-state index contributed by atoms with van der Waals surface area (Å²) >= 11 is 0. The van der Waals surface area contributed by atoms with Gasteiger partial charge in [-0.2, -0.15) is 4.98 Å². The molecule has 8 heteroatoms. The summed E-state index contributed by atoms with van der Waals surface area (Å²) in [5.41, 5.74) is 1.31. The molecule has 152 valence electrons. The van der Waals surface area contributed by atoms with Crippen molar-refractivity contribution in [3.05, 3.63) is 94.3 Å². The van der Waals surface area contributed by atoms with Gasteiger partial charge >= 0.3 is 11.7 Å². The van der Waals surface area contributed by atoms with Gasteiger partial charge in [-0.3, -0.25) is 4.72 Å². The highest BCUT2D eigenvalue weighted by Crippen LogP contribution is 2.26. The number of ether oxygens (including phenoxy) is 1. The van der Waals surface area contributed by atoms with E-state index in [2.05, 4.69) is 9.71 Å². The van der Waals surface area contributed by atoms with E-state index in [4.69, 9.17) is 9.15 Å². The molecule has 1 aromatic heterocycles. The van der Waals surface area contributed by atoms with Gasteiger partial charge in [0.2, 0.25) is 0 Å². The number of nitrogens with one attached hydrogen (secondary N) is 1. The van der Waals surface area contributed by atoms with Crippen molar-refractivity contribution in [3.63, 3.8) is 0 Å². The summed E-state index contributed by atoms with van der Waals surface area (Å²) in [6.45, 7) is 1.84. The lowest BCUT2D eigenvalue weighted by atomic mass is 10.1. The maximum atomic E-state index is 12.6. The van der Waals surface area contributed by atoms with Crippen LogP contribution in [0, 0.1) is 6.92 Å². The summed E-state index contributed by atoms with van der Waals surface area (Å²) in [5, 5.41) is 0.190. The fraction of sp³-hybridized carbons (Fsp3) is 0.0909.